The van der Waals surface area contributed by atoms with Crippen molar-refractivity contribution in [2.24, 2.45) is 0 Å². The summed E-state index contributed by atoms with van der Waals surface area (Å²) in [5, 5.41) is 0. The van der Waals surface area contributed by atoms with E-state index in [1.54, 1.807) is 11.9 Å². The van der Waals surface area contributed by atoms with Gasteiger partial charge in [0, 0.05) is 19.6 Å². The van der Waals surface area contributed by atoms with Crippen molar-refractivity contribution in [2.75, 3.05) is 32.1 Å². The summed E-state index contributed by atoms with van der Waals surface area (Å²) in [4.78, 5) is 16.0. The summed E-state index contributed by atoms with van der Waals surface area (Å²) in [6, 6.07) is 8.31. The number of carbonyl (C=O) groups is 1. The van der Waals surface area contributed by atoms with Crippen molar-refractivity contribution in [1.29, 1.82) is 0 Å². The van der Waals surface area contributed by atoms with Crippen LogP contribution in [0.1, 0.15) is 38.3 Å². The normalized spacial score (nSPS) is 20.0. The van der Waals surface area contributed by atoms with Gasteiger partial charge in [-0.15, -0.1) is 0 Å². The zero-order valence-electron chi connectivity index (χ0n) is 15.9. The summed E-state index contributed by atoms with van der Waals surface area (Å²) in [5.41, 5.74) is 2.58. The van der Waals surface area contributed by atoms with Gasteiger partial charge in [-0.1, -0.05) is 45.0 Å². The van der Waals surface area contributed by atoms with Crippen LogP contribution in [0.2, 0.25) is 0 Å². The van der Waals surface area contributed by atoms with Crippen molar-refractivity contribution in [2.45, 2.75) is 45.2 Å². The maximum Gasteiger partial charge on any atom is 0.236 e. The van der Waals surface area contributed by atoms with Crippen molar-refractivity contribution in [3.05, 3.63) is 35.4 Å². The number of benzene rings is 1. The lowest BCUT2D eigenvalue weighted by Gasteiger charge is -2.26. The minimum Gasteiger partial charge on any atom is -0.341 e. The van der Waals surface area contributed by atoms with Crippen LogP contribution in [-0.2, 0) is 26.6 Å². The van der Waals surface area contributed by atoms with E-state index in [1.165, 1.54) is 5.56 Å². The topological polar surface area (TPSA) is 57.7 Å². The van der Waals surface area contributed by atoms with Crippen LogP contribution in [0, 0.1) is 0 Å². The second-order valence-corrected chi connectivity index (χ2v) is 10.4. The van der Waals surface area contributed by atoms with Gasteiger partial charge in [0.15, 0.2) is 9.84 Å². The Morgan fingerprint density at radius 1 is 1.16 bits per heavy atom. The third-order valence-corrected chi connectivity index (χ3v) is 6.58. The monoisotopic (exact) mass is 366 g/mol. The first-order valence-electron chi connectivity index (χ1n) is 8.72. The fraction of sp³-hybridized carbons (Fsp3) is 0.632. The molecule has 0 spiro atoms. The van der Waals surface area contributed by atoms with E-state index in [0.29, 0.717) is 13.0 Å². The van der Waals surface area contributed by atoms with Crippen LogP contribution >= 0.6 is 0 Å². The molecule has 1 aromatic carbocycles. The van der Waals surface area contributed by atoms with E-state index >= 15 is 0 Å². The minimum absolute atomic E-state index is 0.0316. The predicted molar refractivity (Wildman–Crippen MR) is 101 cm³/mol. The Labute approximate surface area is 151 Å². The van der Waals surface area contributed by atoms with E-state index < -0.39 is 9.84 Å². The van der Waals surface area contributed by atoms with Gasteiger partial charge in [-0.25, -0.2) is 8.42 Å². The maximum absolute atomic E-state index is 12.4. The summed E-state index contributed by atoms with van der Waals surface area (Å²) in [6.45, 7) is 7.53. The third-order valence-electron chi connectivity index (χ3n) is 4.83. The van der Waals surface area contributed by atoms with Crippen molar-refractivity contribution in [3.63, 3.8) is 0 Å². The van der Waals surface area contributed by atoms with Crippen molar-refractivity contribution < 1.29 is 13.2 Å². The molecule has 0 saturated carbocycles. The first-order valence-corrected chi connectivity index (χ1v) is 10.5. The Morgan fingerprint density at radius 2 is 1.76 bits per heavy atom. The van der Waals surface area contributed by atoms with Crippen LogP contribution in [0.25, 0.3) is 0 Å². The van der Waals surface area contributed by atoms with E-state index in [4.69, 9.17) is 0 Å². The average Bonchev–Trinajstić information content (AvgIpc) is 2.86. The van der Waals surface area contributed by atoms with Crippen LogP contribution in [0.15, 0.2) is 24.3 Å². The van der Waals surface area contributed by atoms with Crippen LogP contribution in [0.5, 0.6) is 0 Å². The molecule has 6 heteroatoms. The Morgan fingerprint density at radius 3 is 2.24 bits per heavy atom. The molecule has 1 heterocycles. The Hall–Kier alpha value is -1.40. The molecule has 0 aliphatic carbocycles. The molecule has 0 bridgehead atoms. The number of sulfone groups is 1. The number of hydrogen-bond acceptors (Lipinski definition) is 4. The highest BCUT2D eigenvalue weighted by Crippen LogP contribution is 2.22. The summed E-state index contributed by atoms with van der Waals surface area (Å²) >= 11 is 0. The molecule has 1 amide bonds. The highest BCUT2D eigenvalue weighted by molar-refractivity contribution is 7.91. The zero-order chi connectivity index (χ0) is 18.8. The van der Waals surface area contributed by atoms with Gasteiger partial charge in [0.25, 0.3) is 0 Å². The van der Waals surface area contributed by atoms with Crippen molar-refractivity contribution >= 4 is 15.7 Å². The van der Waals surface area contributed by atoms with Gasteiger partial charge in [0.1, 0.15) is 0 Å². The predicted octanol–water partition coefficient (Wildman–Crippen LogP) is 2.06. The summed E-state index contributed by atoms with van der Waals surface area (Å²) in [7, 11) is 0.645. The highest BCUT2D eigenvalue weighted by Gasteiger charge is 2.32. The van der Waals surface area contributed by atoms with Gasteiger partial charge < -0.3 is 4.90 Å². The number of rotatable bonds is 5. The van der Waals surface area contributed by atoms with E-state index in [9.17, 15) is 13.2 Å². The lowest BCUT2D eigenvalue weighted by Crippen LogP contribution is -2.42. The molecular formula is C19H30N2O3S. The maximum atomic E-state index is 12.4. The zero-order valence-corrected chi connectivity index (χ0v) is 16.8. The van der Waals surface area contributed by atoms with Gasteiger partial charge in [-0.2, -0.15) is 0 Å². The van der Waals surface area contributed by atoms with E-state index in [-0.39, 0.29) is 35.4 Å². The largest absolute Gasteiger partial charge is 0.341 e. The number of amides is 1. The lowest BCUT2D eigenvalue weighted by atomic mass is 9.87. The quantitative estimate of drug-likeness (QED) is 0.800. The third kappa shape index (κ3) is 5.54. The van der Waals surface area contributed by atoms with Gasteiger partial charge >= 0.3 is 0 Å². The molecule has 140 valence electrons. The molecule has 1 fully saturated rings. The molecule has 1 saturated heterocycles. The van der Waals surface area contributed by atoms with Gasteiger partial charge in [-0.3, -0.25) is 9.69 Å². The molecule has 1 atom stereocenters. The number of nitrogens with zero attached hydrogens (tertiary/aromatic N) is 2. The summed E-state index contributed by atoms with van der Waals surface area (Å²) < 4.78 is 23.2. The fourth-order valence-electron chi connectivity index (χ4n) is 3.10. The van der Waals surface area contributed by atoms with E-state index in [2.05, 4.69) is 45.0 Å². The molecule has 1 aliphatic heterocycles. The van der Waals surface area contributed by atoms with Crippen LogP contribution < -0.4 is 0 Å². The summed E-state index contributed by atoms with van der Waals surface area (Å²) in [5.74, 6) is 0.245. The second-order valence-electron chi connectivity index (χ2n) is 8.18. The molecular weight excluding hydrogens is 336 g/mol. The van der Waals surface area contributed by atoms with Gasteiger partial charge in [-0.05, 0) is 30.0 Å². The smallest absolute Gasteiger partial charge is 0.236 e. The molecule has 0 unspecified atom stereocenters. The summed E-state index contributed by atoms with van der Waals surface area (Å²) in [6.07, 6.45) is 0.544. The standard InChI is InChI=1S/C19H30N2O3S/c1-19(2,3)16-8-6-15(7-9-16)12-20(4)13-18(22)21(5)17-10-11-25(23,24)14-17/h6-9,17H,10-14H2,1-5H3/t17-/m0/s1. The first kappa shape index (κ1) is 19.9. The molecule has 25 heavy (non-hydrogen) atoms. The molecule has 0 N–H and O–H groups in total. The van der Waals surface area contributed by atoms with Crippen LogP contribution in [0.3, 0.4) is 0 Å². The highest BCUT2D eigenvalue weighted by atomic mass is 32.2. The lowest BCUT2D eigenvalue weighted by molar-refractivity contribution is -0.132. The molecule has 0 radical (unpaired) electrons. The fourth-order valence-corrected chi connectivity index (χ4v) is 4.88. The Balaban J connectivity index is 1.89. The molecule has 2 rings (SSSR count). The van der Waals surface area contributed by atoms with Crippen LogP contribution in [0.4, 0.5) is 0 Å². The minimum atomic E-state index is -2.97. The van der Waals surface area contributed by atoms with E-state index in [1.807, 2.05) is 11.9 Å². The van der Waals surface area contributed by atoms with Gasteiger partial charge in [0.2, 0.25) is 5.91 Å². The van der Waals surface area contributed by atoms with Crippen LogP contribution in [-0.4, -0.2) is 62.3 Å². The van der Waals surface area contributed by atoms with Gasteiger partial charge in [0.05, 0.1) is 18.1 Å². The second kappa shape index (κ2) is 7.46. The number of likely N-dealkylation sites (N-methyl/N-ethyl adjacent to an activating group) is 2. The molecule has 1 aromatic rings. The molecule has 0 aromatic heterocycles. The van der Waals surface area contributed by atoms with E-state index in [0.717, 1.165) is 5.56 Å². The molecule has 5 nitrogen and oxygen atoms in total. The van der Waals surface area contributed by atoms with Crippen molar-refractivity contribution in [1.82, 2.24) is 9.80 Å². The Kier molecular flexibility index (Phi) is 5.94. The van der Waals surface area contributed by atoms with Crippen molar-refractivity contribution in [3.8, 4) is 0 Å². The number of carbonyl (C=O) groups excluding carboxylic acids is 1. The number of hydrogen-bond donors (Lipinski definition) is 0. The molecule has 1 aliphatic rings. The SMILES string of the molecule is CN(CC(=O)N(C)[C@H]1CCS(=O)(=O)C1)Cc1ccc(C(C)(C)C)cc1. The average molecular weight is 367 g/mol. The first-order chi connectivity index (χ1) is 11.5. The Bertz CT molecular complexity index is 705.